The van der Waals surface area contributed by atoms with Gasteiger partial charge in [-0.25, -0.2) is 9.59 Å². The van der Waals surface area contributed by atoms with E-state index in [4.69, 9.17) is 4.74 Å². The molecule has 2 amide bonds. The molecule has 1 aromatic rings. The Balaban J connectivity index is 1.86. The van der Waals surface area contributed by atoms with E-state index < -0.39 is 0 Å². The van der Waals surface area contributed by atoms with Crippen LogP contribution in [-0.4, -0.2) is 36.6 Å². The molecule has 6 heteroatoms. The summed E-state index contributed by atoms with van der Waals surface area (Å²) in [6, 6.07) is -0.0957. The number of nitrogens with one attached hydrogen (secondary N) is 1. The summed E-state index contributed by atoms with van der Waals surface area (Å²) in [5, 5.41) is 3.62. The lowest BCUT2D eigenvalue weighted by Gasteiger charge is -2.16. The molecule has 0 unspecified atom stereocenters. The van der Waals surface area contributed by atoms with Gasteiger partial charge in [-0.2, -0.15) is 0 Å². The maximum Gasteiger partial charge on any atom is 0.341 e. The quantitative estimate of drug-likeness (QED) is 0.867. The predicted molar refractivity (Wildman–Crippen MR) is 86.7 cm³/mol. The van der Waals surface area contributed by atoms with Gasteiger partial charge in [0, 0.05) is 18.0 Å². The van der Waals surface area contributed by atoms with Crippen molar-refractivity contribution in [3.05, 3.63) is 16.0 Å². The highest BCUT2D eigenvalue weighted by Crippen LogP contribution is 2.38. The Morgan fingerprint density at radius 2 is 1.91 bits per heavy atom. The molecule has 1 fully saturated rings. The van der Waals surface area contributed by atoms with Gasteiger partial charge in [0.05, 0.1) is 12.2 Å². The number of carbonyl (C=O) groups excluding carboxylic acids is 2. The minimum Gasteiger partial charge on any atom is -0.462 e. The number of hydrogen-bond donors (Lipinski definition) is 1. The molecule has 0 aromatic carbocycles. The number of ether oxygens (including phenoxy) is 1. The van der Waals surface area contributed by atoms with E-state index in [0.29, 0.717) is 17.2 Å². The first-order valence-electron chi connectivity index (χ1n) is 8.08. The number of anilines is 1. The number of amides is 2. The Morgan fingerprint density at radius 1 is 1.18 bits per heavy atom. The first-order chi connectivity index (χ1) is 10.7. The van der Waals surface area contributed by atoms with Crippen molar-refractivity contribution in [2.24, 2.45) is 0 Å². The monoisotopic (exact) mass is 322 g/mol. The molecule has 0 saturated carbocycles. The number of nitrogens with zero attached hydrogens (tertiary/aromatic N) is 1. The number of carbonyl (C=O) groups is 2. The maximum atomic E-state index is 12.3. The minimum absolute atomic E-state index is 0.0957. The van der Waals surface area contributed by atoms with Crippen LogP contribution in [0.4, 0.5) is 9.80 Å². The summed E-state index contributed by atoms with van der Waals surface area (Å²) in [5.74, 6) is -0.307. The highest BCUT2D eigenvalue weighted by atomic mass is 32.1. The van der Waals surface area contributed by atoms with Gasteiger partial charge >= 0.3 is 12.0 Å². The third kappa shape index (κ3) is 2.97. The Morgan fingerprint density at radius 3 is 2.64 bits per heavy atom. The molecular formula is C16H22N2O3S. The molecule has 0 spiro atoms. The molecule has 3 rings (SSSR count). The van der Waals surface area contributed by atoms with Crippen molar-refractivity contribution >= 4 is 28.3 Å². The standard InChI is InChI=1S/C16H22N2O3S/c1-2-21-15(19)13-11-7-3-4-8-12(11)22-14(13)17-16(20)18-9-5-6-10-18/h2-10H2,1H3,(H,17,20). The molecular weight excluding hydrogens is 300 g/mol. The summed E-state index contributed by atoms with van der Waals surface area (Å²) >= 11 is 1.54. The van der Waals surface area contributed by atoms with Gasteiger partial charge in [-0.1, -0.05) is 0 Å². The fourth-order valence-corrected chi connectivity index (χ4v) is 4.44. The average Bonchev–Trinajstić information content (AvgIpc) is 3.14. The summed E-state index contributed by atoms with van der Waals surface area (Å²) < 4.78 is 5.20. The smallest absolute Gasteiger partial charge is 0.341 e. The van der Waals surface area contributed by atoms with Crippen LogP contribution >= 0.6 is 11.3 Å². The van der Waals surface area contributed by atoms with E-state index in [1.165, 1.54) is 4.88 Å². The molecule has 2 aliphatic rings. The van der Waals surface area contributed by atoms with Gasteiger partial charge in [-0.05, 0) is 51.0 Å². The summed E-state index contributed by atoms with van der Waals surface area (Å²) in [6.45, 7) is 3.75. The van der Waals surface area contributed by atoms with Crippen LogP contribution in [0.25, 0.3) is 0 Å². The number of thiophene rings is 1. The van der Waals surface area contributed by atoms with Gasteiger partial charge in [0.1, 0.15) is 5.00 Å². The SMILES string of the molecule is CCOC(=O)c1c(NC(=O)N2CCCC2)sc2c1CCCC2. The molecule has 2 heterocycles. The fraction of sp³-hybridized carbons (Fsp3) is 0.625. The van der Waals surface area contributed by atoms with E-state index in [1.54, 1.807) is 18.3 Å². The normalized spacial score (nSPS) is 17.2. The lowest BCUT2D eigenvalue weighted by atomic mass is 9.95. The molecule has 1 saturated heterocycles. The Labute approximate surface area is 134 Å². The van der Waals surface area contributed by atoms with Gasteiger partial charge in [0.2, 0.25) is 0 Å². The second kappa shape index (κ2) is 6.69. The predicted octanol–water partition coefficient (Wildman–Crippen LogP) is 3.43. The van der Waals surface area contributed by atoms with E-state index in [2.05, 4.69) is 5.32 Å². The lowest BCUT2D eigenvalue weighted by Crippen LogP contribution is -2.32. The number of likely N-dealkylation sites (tertiary alicyclic amines) is 1. The number of fused-ring (bicyclic) bond motifs is 1. The molecule has 22 heavy (non-hydrogen) atoms. The van der Waals surface area contributed by atoms with Gasteiger partial charge in [0.25, 0.3) is 0 Å². The lowest BCUT2D eigenvalue weighted by molar-refractivity contribution is 0.0526. The fourth-order valence-electron chi connectivity index (χ4n) is 3.17. The molecule has 1 aliphatic carbocycles. The average molecular weight is 322 g/mol. The van der Waals surface area contributed by atoms with E-state index in [9.17, 15) is 9.59 Å². The van der Waals surface area contributed by atoms with Crippen molar-refractivity contribution in [2.75, 3.05) is 25.0 Å². The maximum absolute atomic E-state index is 12.3. The van der Waals surface area contributed by atoms with Crippen molar-refractivity contribution in [1.29, 1.82) is 0 Å². The number of urea groups is 1. The van der Waals surface area contributed by atoms with E-state index in [0.717, 1.165) is 57.2 Å². The van der Waals surface area contributed by atoms with E-state index in [-0.39, 0.29) is 12.0 Å². The van der Waals surface area contributed by atoms with Crippen LogP contribution in [0.2, 0.25) is 0 Å². The molecule has 1 aromatic heterocycles. The van der Waals surface area contributed by atoms with Crippen LogP contribution in [0.15, 0.2) is 0 Å². The minimum atomic E-state index is -0.307. The van der Waals surface area contributed by atoms with E-state index in [1.807, 2.05) is 4.90 Å². The second-order valence-corrected chi connectivity index (χ2v) is 6.86. The zero-order valence-electron chi connectivity index (χ0n) is 12.9. The van der Waals surface area contributed by atoms with Crippen LogP contribution in [0.5, 0.6) is 0 Å². The molecule has 0 bridgehead atoms. The molecule has 5 nitrogen and oxygen atoms in total. The summed E-state index contributed by atoms with van der Waals surface area (Å²) in [7, 11) is 0. The van der Waals surface area contributed by atoms with Crippen molar-refractivity contribution in [3.63, 3.8) is 0 Å². The first-order valence-corrected chi connectivity index (χ1v) is 8.90. The zero-order chi connectivity index (χ0) is 15.5. The third-order valence-electron chi connectivity index (χ3n) is 4.26. The molecule has 0 atom stereocenters. The highest BCUT2D eigenvalue weighted by Gasteiger charge is 2.28. The summed E-state index contributed by atoms with van der Waals surface area (Å²) in [5.41, 5.74) is 1.68. The summed E-state index contributed by atoms with van der Waals surface area (Å²) in [6.07, 6.45) is 6.24. The zero-order valence-corrected chi connectivity index (χ0v) is 13.8. The second-order valence-electron chi connectivity index (χ2n) is 5.76. The third-order valence-corrected chi connectivity index (χ3v) is 5.47. The molecule has 0 radical (unpaired) electrons. The Bertz CT molecular complexity index is 576. The highest BCUT2D eigenvalue weighted by molar-refractivity contribution is 7.17. The Kier molecular flexibility index (Phi) is 4.66. The number of esters is 1. The number of hydrogen-bond acceptors (Lipinski definition) is 4. The number of aryl methyl sites for hydroxylation is 1. The van der Waals surface area contributed by atoms with Crippen molar-refractivity contribution in [2.45, 2.75) is 45.4 Å². The van der Waals surface area contributed by atoms with Gasteiger partial charge in [0.15, 0.2) is 0 Å². The van der Waals surface area contributed by atoms with Gasteiger partial charge < -0.3 is 9.64 Å². The van der Waals surface area contributed by atoms with Gasteiger partial charge in [-0.3, -0.25) is 5.32 Å². The first kappa shape index (κ1) is 15.3. The van der Waals surface area contributed by atoms with Crippen molar-refractivity contribution in [1.82, 2.24) is 4.90 Å². The van der Waals surface area contributed by atoms with Crippen molar-refractivity contribution in [3.8, 4) is 0 Å². The summed E-state index contributed by atoms with van der Waals surface area (Å²) in [4.78, 5) is 27.7. The van der Waals surface area contributed by atoms with Crippen LogP contribution in [-0.2, 0) is 17.6 Å². The van der Waals surface area contributed by atoms with Crippen LogP contribution in [0.3, 0.4) is 0 Å². The Hall–Kier alpha value is -1.56. The van der Waals surface area contributed by atoms with E-state index >= 15 is 0 Å². The van der Waals surface area contributed by atoms with Crippen LogP contribution in [0.1, 0.15) is 53.4 Å². The van der Waals surface area contributed by atoms with Crippen LogP contribution < -0.4 is 5.32 Å². The molecule has 120 valence electrons. The topological polar surface area (TPSA) is 58.6 Å². The largest absolute Gasteiger partial charge is 0.462 e. The van der Waals surface area contributed by atoms with Gasteiger partial charge in [-0.15, -0.1) is 11.3 Å². The van der Waals surface area contributed by atoms with Crippen LogP contribution in [0, 0.1) is 0 Å². The molecule has 1 N–H and O–H groups in total. The van der Waals surface area contributed by atoms with Crippen molar-refractivity contribution < 1.29 is 14.3 Å². The molecule has 1 aliphatic heterocycles. The number of rotatable bonds is 3.